The van der Waals surface area contributed by atoms with Crippen LogP contribution in [0.25, 0.3) is 6.08 Å². The third-order valence-electron chi connectivity index (χ3n) is 4.88. The number of rotatable bonds is 8. The molecule has 5 nitrogen and oxygen atoms in total. The first-order chi connectivity index (χ1) is 15.9. The van der Waals surface area contributed by atoms with Crippen LogP contribution in [0.1, 0.15) is 29.2 Å². The number of hydrogen-bond acceptors (Lipinski definition) is 4. The summed E-state index contributed by atoms with van der Waals surface area (Å²) in [5, 5.41) is 12.3. The minimum atomic E-state index is -0.465. The molecule has 0 bridgehead atoms. The van der Waals surface area contributed by atoms with Gasteiger partial charge < -0.3 is 14.8 Å². The second-order valence-corrected chi connectivity index (χ2v) is 8.40. The number of nitriles is 1. The zero-order valence-electron chi connectivity index (χ0n) is 18.8. The van der Waals surface area contributed by atoms with Crippen molar-refractivity contribution >= 4 is 33.6 Å². The van der Waals surface area contributed by atoms with Gasteiger partial charge >= 0.3 is 0 Å². The molecule has 0 aliphatic carbocycles. The Morgan fingerprint density at radius 1 is 1.03 bits per heavy atom. The summed E-state index contributed by atoms with van der Waals surface area (Å²) in [6.45, 7) is 6.84. The van der Waals surface area contributed by atoms with Gasteiger partial charge in [-0.3, -0.25) is 4.79 Å². The lowest BCUT2D eigenvalue weighted by Gasteiger charge is -2.13. The van der Waals surface area contributed by atoms with Crippen molar-refractivity contribution in [2.75, 3.05) is 11.9 Å². The van der Waals surface area contributed by atoms with Crippen LogP contribution in [0.5, 0.6) is 11.5 Å². The van der Waals surface area contributed by atoms with E-state index in [1.807, 2.05) is 63.2 Å². The summed E-state index contributed by atoms with van der Waals surface area (Å²) in [6.07, 6.45) is 1.59. The minimum Gasteiger partial charge on any atom is -0.494 e. The molecule has 0 saturated heterocycles. The molecule has 33 heavy (non-hydrogen) atoms. The monoisotopic (exact) mass is 504 g/mol. The van der Waals surface area contributed by atoms with Gasteiger partial charge in [0.2, 0.25) is 0 Å². The molecule has 168 valence electrons. The van der Waals surface area contributed by atoms with Crippen LogP contribution in [-0.2, 0) is 11.4 Å². The topological polar surface area (TPSA) is 71.3 Å². The maximum Gasteiger partial charge on any atom is 0.266 e. The number of carbonyl (C=O) groups is 1. The number of anilines is 1. The molecule has 1 N–H and O–H groups in total. The van der Waals surface area contributed by atoms with Crippen molar-refractivity contribution in [2.45, 2.75) is 27.4 Å². The predicted molar refractivity (Wildman–Crippen MR) is 134 cm³/mol. The molecule has 6 heteroatoms. The van der Waals surface area contributed by atoms with Gasteiger partial charge in [0.25, 0.3) is 5.91 Å². The zero-order chi connectivity index (χ0) is 23.8. The van der Waals surface area contributed by atoms with Gasteiger partial charge in [-0.05, 0) is 97.6 Å². The van der Waals surface area contributed by atoms with Gasteiger partial charge in [-0.25, -0.2) is 0 Å². The number of hydrogen-bond donors (Lipinski definition) is 1. The summed E-state index contributed by atoms with van der Waals surface area (Å²) in [5.74, 6) is 1.06. The quantitative estimate of drug-likeness (QED) is 0.277. The molecule has 0 saturated carbocycles. The van der Waals surface area contributed by atoms with Gasteiger partial charge in [0.15, 0.2) is 0 Å². The molecule has 3 aromatic rings. The fourth-order valence-corrected chi connectivity index (χ4v) is 3.61. The summed E-state index contributed by atoms with van der Waals surface area (Å²) >= 11 is 3.43. The summed E-state index contributed by atoms with van der Waals surface area (Å²) in [4.78, 5) is 12.6. The Labute approximate surface area is 202 Å². The molecule has 0 fully saturated rings. The SMILES string of the molecule is CCOc1ccc(NC(=O)/C(C#N)=C/c2cc(C)c(OCc3ccc(Br)cc3)c(C)c2)cc1. The van der Waals surface area contributed by atoms with Gasteiger partial charge in [0.05, 0.1) is 6.61 Å². The van der Waals surface area contributed by atoms with Crippen LogP contribution in [0, 0.1) is 25.2 Å². The molecule has 0 atom stereocenters. The van der Waals surface area contributed by atoms with E-state index in [1.165, 1.54) is 0 Å². The van der Waals surface area contributed by atoms with Crippen molar-refractivity contribution in [3.05, 3.63) is 93.0 Å². The number of aryl methyl sites for hydroxylation is 2. The number of nitrogens with one attached hydrogen (secondary N) is 1. The molecule has 3 rings (SSSR count). The van der Waals surface area contributed by atoms with Crippen LogP contribution >= 0.6 is 15.9 Å². The molecule has 0 heterocycles. The van der Waals surface area contributed by atoms with Gasteiger partial charge in [-0.1, -0.05) is 28.1 Å². The van der Waals surface area contributed by atoms with E-state index in [1.54, 1.807) is 30.3 Å². The van der Waals surface area contributed by atoms with Crippen molar-refractivity contribution in [2.24, 2.45) is 0 Å². The Morgan fingerprint density at radius 2 is 1.67 bits per heavy atom. The number of nitrogens with zero attached hydrogens (tertiary/aromatic N) is 1. The molecule has 0 aliphatic rings. The fourth-order valence-electron chi connectivity index (χ4n) is 3.35. The highest BCUT2D eigenvalue weighted by atomic mass is 79.9. The molecule has 3 aromatic carbocycles. The first kappa shape index (κ1) is 24.1. The average molecular weight is 505 g/mol. The molecule has 0 unspecified atom stereocenters. The second-order valence-electron chi connectivity index (χ2n) is 7.48. The highest BCUT2D eigenvalue weighted by molar-refractivity contribution is 9.10. The van der Waals surface area contributed by atoms with E-state index < -0.39 is 5.91 Å². The average Bonchev–Trinajstić information content (AvgIpc) is 2.79. The van der Waals surface area contributed by atoms with Crippen molar-refractivity contribution in [1.82, 2.24) is 0 Å². The standard InChI is InChI=1S/C27H25BrN2O3/c1-4-32-25-11-9-24(10-12-25)30-27(31)22(16-29)15-21-13-18(2)26(19(3)14-21)33-17-20-5-7-23(28)8-6-20/h5-15H,4,17H2,1-3H3,(H,30,31)/b22-15+. The highest BCUT2D eigenvalue weighted by Gasteiger charge is 2.12. The van der Waals surface area contributed by atoms with Gasteiger partial charge in [0, 0.05) is 10.2 Å². The molecular weight excluding hydrogens is 480 g/mol. The van der Waals surface area contributed by atoms with E-state index in [-0.39, 0.29) is 5.57 Å². The molecule has 1 amide bonds. The summed E-state index contributed by atoms with van der Waals surface area (Å²) in [6, 6.07) is 20.8. The van der Waals surface area contributed by atoms with Crippen LogP contribution < -0.4 is 14.8 Å². The number of carbonyl (C=O) groups excluding carboxylic acids is 1. The molecular formula is C27H25BrN2O3. The third kappa shape index (κ3) is 6.71. The smallest absolute Gasteiger partial charge is 0.266 e. The summed E-state index contributed by atoms with van der Waals surface area (Å²) in [7, 11) is 0. The van der Waals surface area contributed by atoms with Crippen LogP contribution in [0.3, 0.4) is 0 Å². The second kappa shape index (κ2) is 11.3. The Bertz CT molecular complexity index is 1170. The lowest BCUT2D eigenvalue weighted by molar-refractivity contribution is -0.112. The fraction of sp³-hybridized carbons (Fsp3) is 0.185. The predicted octanol–water partition coefficient (Wildman–Crippen LogP) is 6.59. The lowest BCUT2D eigenvalue weighted by atomic mass is 10.0. The summed E-state index contributed by atoms with van der Waals surface area (Å²) in [5.41, 5.74) is 4.31. The Morgan fingerprint density at radius 3 is 2.24 bits per heavy atom. The third-order valence-corrected chi connectivity index (χ3v) is 5.41. The van der Waals surface area contributed by atoms with Crippen LogP contribution in [-0.4, -0.2) is 12.5 Å². The zero-order valence-corrected chi connectivity index (χ0v) is 20.4. The normalized spacial score (nSPS) is 10.9. The van der Waals surface area contributed by atoms with Crippen molar-refractivity contribution in [1.29, 1.82) is 5.26 Å². The lowest BCUT2D eigenvalue weighted by Crippen LogP contribution is -2.13. The van der Waals surface area contributed by atoms with E-state index in [0.717, 1.165) is 38.2 Å². The number of ether oxygens (including phenoxy) is 2. The van der Waals surface area contributed by atoms with Gasteiger partial charge in [-0.15, -0.1) is 0 Å². The van der Waals surface area contributed by atoms with Crippen molar-refractivity contribution < 1.29 is 14.3 Å². The molecule has 0 spiro atoms. The number of halogens is 1. The maximum absolute atomic E-state index is 12.6. The Kier molecular flexibility index (Phi) is 8.28. The van der Waals surface area contributed by atoms with E-state index in [9.17, 15) is 10.1 Å². The number of benzene rings is 3. The Balaban J connectivity index is 1.72. The maximum atomic E-state index is 12.6. The van der Waals surface area contributed by atoms with E-state index in [0.29, 0.717) is 18.9 Å². The summed E-state index contributed by atoms with van der Waals surface area (Å²) < 4.78 is 12.5. The van der Waals surface area contributed by atoms with Crippen molar-refractivity contribution in [3.63, 3.8) is 0 Å². The van der Waals surface area contributed by atoms with Gasteiger partial charge in [0.1, 0.15) is 29.7 Å². The Hall–Kier alpha value is -3.56. The van der Waals surface area contributed by atoms with E-state index in [2.05, 4.69) is 21.2 Å². The largest absolute Gasteiger partial charge is 0.494 e. The van der Waals surface area contributed by atoms with Crippen LogP contribution in [0.15, 0.2) is 70.7 Å². The van der Waals surface area contributed by atoms with Gasteiger partial charge in [-0.2, -0.15) is 5.26 Å². The molecule has 0 aliphatic heterocycles. The molecule has 0 radical (unpaired) electrons. The minimum absolute atomic E-state index is 0.0196. The first-order valence-corrected chi connectivity index (χ1v) is 11.3. The first-order valence-electron chi connectivity index (χ1n) is 10.5. The van der Waals surface area contributed by atoms with Crippen molar-refractivity contribution in [3.8, 4) is 17.6 Å². The highest BCUT2D eigenvalue weighted by Crippen LogP contribution is 2.27. The molecule has 0 aromatic heterocycles. The van der Waals surface area contributed by atoms with E-state index in [4.69, 9.17) is 9.47 Å². The van der Waals surface area contributed by atoms with E-state index >= 15 is 0 Å². The number of amides is 1. The van der Waals surface area contributed by atoms with Crippen LogP contribution in [0.4, 0.5) is 5.69 Å². The van der Waals surface area contributed by atoms with Crippen LogP contribution in [0.2, 0.25) is 0 Å².